The van der Waals surface area contributed by atoms with Gasteiger partial charge in [-0.25, -0.2) is 0 Å². The maximum Gasteiger partial charge on any atom is 0.234 e. The molecule has 5 nitrogen and oxygen atoms in total. The van der Waals surface area contributed by atoms with E-state index in [4.69, 9.17) is 0 Å². The second kappa shape index (κ2) is 9.60. The first kappa shape index (κ1) is 20.2. The van der Waals surface area contributed by atoms with Crippen molar-refractivity contribution in [2.45, 2.75) is 26.3 Å². The first-order chi connectivity index (χ1) is 13.5. The van der Waals surface area contributed by atoms with Crippen LogP contribution in [0.3, 0.4) is 0 Å². The summed E-state index contributed by atoms with van der Waals surface area (Å²) in [5.41, 5.74) is 2.03. The van der Waals surface area contributed by atoms with Crippen molar-refractivity contribution in [2.75, 3.05) is 37.6 Å². The predicted octanol–water partition coefficient (Wildman–Crippen LogP) is 3.42. The first-order valence-electron chi connectivity index (χ1n) is 10.1. The van der Waals surface area contributed by atoms with E-state index in [0.717, 1.165) is 43.9 Å². The molecule has 0 saturated carbocycles. The van der Waals surface area contributed by atoms with E-state index in [0.29, 0.717) is 18.2 Å². The molecule has 1 atom stereocenters. The number of phenols is 1. The predicted molar refractivity (Wildman–Crippen MR) is 114 cm³/mol. The lowest BCUT2D eigenvalue weighted by Gasteiger charge is -2.36. The minimum absolute atomic E-state index is 0.0521. The summed E-state index contributed by atoms with van der Waals surface area (Å²) in [6.07, 6.45) is 0.927. The molecular weight excluding hydrogens is 350 g/mol. The van der Waals surface area contributed by atoms with Gasteiger partial charge in [-0.1, -0.05) is 56.3 Å². The Balaban J connectivity index is 1.53. The van der Waals surface area contributed by atoms with Crippen molar-refractivity contribution in [1.82, 2.24) is 10.2 Å². The van der Waals surface area contributed by atoms with E-state index in [-0.39, 0.29) is 11.9 Å². The molecule has 0 aliphatic carbocycles. The molecule has 5 heteroatoms. The third kappa shape index (κ3) is 5.49. The first-order valence-corrected chi connectivity index (χ1v) is 10.1. The van der Waals surface area contributed by atoms with Crippen LogP contribution in [-0.4, -0.2) is 48.6 Å². The molecule has 2 aromatic carbocycles. The number of anilines is 1. The van der Waals surface area contributed by atoms with Crippen LogP contribution in [0.1, 0.15) is 31.9 Å². The van der Waals surface area contributed by atoms with Crippen molar-refractivity contribution in [2.24, 2.45) is 5.92 Å². The van der Waals surface area contributed by atoms with Gasteiger partial charge >= 0.3 is 0 Å². The standard InChI is InChI=1S/C23H31N3O2/c1-18(2)16-20(19-8-4-3-5-9-19)24-23(28)17-25-12-14-26(15-13-25)21-10-6-7-11-22(21)27/h3-11,18,20,27H,12-17H2,1-2H3,(H,24,28)/t20-/m1/s1. The summed E-state index contributed by atoms with van der Waals surface area (Å²) in [5.74, 6) is 0.895. The fraction of sp³-hybridized carbons (Fsp3) is 0.435. The summed E-state index contributed by atoms with van der Waals surface area (Å²) in [5, 5.41) is 13.3. The Bertz CT molecular complexity index is 755. The molecule has 1 aliphatic rings. The highest BCUT2D eigenvalue weighted by Gasteiger charge is 2.22. The minimum Gasteiger partial charge on any atom is -0.506 e. The number of nitrogens with zero attached hydrogens (tertiary/aromatic N) is 2. The number of hydrogen-bond acceptors (Lipinski definition) is 4. The van der Waals surface area contributed by atoms with E-state index in [1.807, 2.05) is 36.4 Å². The van der Waals surface area contributed by atoms with Gasteiger partial charge < -0.3 is 15.3 Å². The Kier molecular flexibility index (Phi) is 6.93. The molecular formula is C23H31N3O2. The summed E-state index contributed by atoms with van der Waals surface area (Å²) in [4.78, 5) is 17.0. The average molecular weight is 382 g/mol. The average Bonchev–Trinajstić information content (AvgIpc) is 2.69. The van der Waals surface area contributed by atoms with Crippen LogP contribution in [0, 0.1) is 5.92 Å². The zero-order chi connectivity index (χ0) is 19.9. The van der Waals surface area contributed by atoms with Crippen LogP contribution >= 0.6 is 0 Å². The molecule has 3 rings (SSSR count). The second-order valence-electron chi connectivity index (χ2n) is 7.91. The molecule has 1 heterocycles. The number of hydrogen-bond donors (Lipinski definition) is 2. The molecule has 1 fully saturated rings. The van der Waals surface area contributed by atoms with Crippen LogP contribution in [0.15, 0.2) is 54.6 Å². The molecule has 2 aromatic rings. The van der Waals surface area contributed by atoms with Gasteiger partial charge in [-0.15, -0.1) is 0 Å². The summed E-state index contributed by atoms with van der Waals surface area (Å²) in [7, 11) is 0. The molecule has 1 amide bonds. The third-order valence-electron chi connectivity index (χ3n) is 5.21. The van der Waals surface area contributed by atoms with Gasteiger partial charge in [0, 0.05) is 26.2 Å². The number of para-hydroxylation sites is 2. The molecule has 1 saturated heterocycles. The zero-order valence-electron chi connectivity index (χ0n) is 16.8. The number of benzene rings is 2. The van der Waals surface area contributed by atoms with E-state index in [9.17, 15) is 9.90 Å². The summed E-state index contributed by atoms with van der Waals surface area (Å²) in [6.45, 7) is 8.00. The van der Waals surface area contributed by atoms with Crippen LogP contribution in [0.5, 0.6) is 5.75 Å². The fourth-order valence-corrected chi connectivity index (χ4v) is 3.76. The summed E-state index contributed by atoms with van der Waals surface area (Å²) in [6, 6.07) is 17.7. The summed E-state index contributed by atoms with van der Waals surface area (Å²) >= 11 is 0. The number of carbonyl (C=O) groups is 1. The third-order valence-corrected chi connectivity index (χ3v) is 5.21. The molecule has 0 unspecified atom stereocenters. The molecule has 28 heavy (non-hydrogen) atoms. The van der Waals surface area contributed by atoms with Gasteiger partial charge in [0.2, 0.25) is 5.91 Å². The highest BCUT2D eigenvalue weighted by molar-refractivity contribution is 5.78. The number of aromatic hydroxyl groups is 1. The van der Waals surface area contributed by atoms with Crippen LogP contribution in [0.4, 0.5) is 5.69 Å². The maximum atomic E-state index is 12.7. The summed E-state index contributed by atoms with van der Waals surface area (Å²) < 4.78 is 0. The normalized spacial score (nSPS) is 16.2. The largest absolute Gasteiger partial charge is 0.506 e. The number of amides is 1. The van der Waals surface area contributed by atoms with Crippen molar-refractivity contribution in [3.63, 3.8) is 0 Å². The quantitative estimate of drug-likeness (QED) is 0.772. The molecule has 2 N–H and O–H groups in total. The van der Waals surface area contributed by atoms with Gasteiger partial charge in [0.05, 0.1) is 18.3 Å². The lowest BCUT2D eigenvalue weighted by atomic mass is 9.97. The molecule has 0 spiro atoms. The van der Waals surface area contributed by atoms with Crippen molar-refractivity contribution >= 4 is 11.6 Å². The van der Waals surface area contributed by atoms with E-state index in [1.54, 1.807) is 6.07 Å². The Morgan fingerprint density at radius 1 is 1.00 bits per heavy atom. The molecule has 0 aromatic heterocycles. The van der Waals surface area contributed by atoms with Gasteiger partial charge in [0.1, 0.15) is 5.75 Å². The second-order valence-corrected chi connectivity index (χ2v) is 7.91. The SMILES string of the molecule is CC(C)C[C@@H](NC(=O)CN1CCN(c2ccccc2O)CC1)c1ccccc1. The van der Waals surface area contributed by atoms with Crippen molar-refractivity contribution < 1.29 is 9.90 Å². The van der Waals surface area contributed by atoms with Crippen molar-refractivity contribution in [3.05, 3.63) is 60.2 Å². The topological polar surface area (TPSA) is 55.8 Å². The Hall–Kier alpha value is -2.53. The number of rotatable bonds is 7. The van der Waals surface area contributed by atoms with Crippen molar-refractivity contribution in [1.29, 1.82) is 0 Å². The molecule has 0 bridgehead atoms. The lowest BCUT2D eigenvalue weighted by molar-refractivity contribution is -0.123. The van der Waals surface area contributed by atoms with Crippen molar-refractivity contribution in [3.8, 4) is 5.75 Å². The van der Waals surface area contributed by atoms with Crippen LogP contribution in [0.25, 0.3) is 0 Å². The highest BCUT2D eigenvalue weighted by Crippen LogP contribution is 2.27. The smallest absolute Gasteiger partial charge is 0.234 e. The number of phenolic OH excluding ortho intramolecular Hbond substituents is 1. The monoisotopic (exact) mass is 381 g/mol. The van der Waals surface area contributed by atoms with Crippen LogP contribution < -0.4 is 10.2 Å². The fourth-order valence-electron chi connectivity index (χ4n) is 3.76. The Morgan fingerprint density at radius 3 is 2.29 bits per heavy atom. The Morgan fingerprint density at radius 2 is 1.64 bits per heavy atom. The molecule has 0 radical (unpaired) electrons. The number of carbonyl (C=O) groups excluding carboxylic acids is 1. The van der Waals surface area contributed by atoms with Gasteiger partial charge in [-0.2, -0.15) is 0 Å². The maximum absolute atomic E-state index is 12.7. The van der Waals surface area contributed by atoms with Crippen LogP contribution in [0.2, 0.25) is 0 Å². The van der Waals surface area contributed by atoms with Gasteiger partial charge in [-0.3, -0.25) is 9.69 Å². The van der Waals surface area contributed by atoms with E-state index in [2.05, 4.69) is 41.1 Å². The lowest BCUT2D eigenvalue weighted by Crippen LogP contribution is -2.49. The van der Waals surface area contributed by atoms with E-state index < -0.39 is 0 Å². The minimum atomic E-state index is 0.0521. The number of piperazine rings is 1. The molecule has 1 aliphatic heterocycles. The van der Waals surface area contributed by atoms with Crippen LogP contribution in [-0.2, 0) is 4.79 Å². The van der Waals surface area contributed by atoms with Gasteiger partial charge in [-0.05, 0) is 30.0 Å². The number of nitrogens with one attached hydrogen (secondary N) is 1. The molecule has 150 valence electrons. The Labute approximate surface area is 168 Å². The van der Waals surface area contributed by atoms with E-state index in [1.165, 1.54) is 0 Å². The van der Waals surface area contributed by atoms with Gasteiger partial charge in [0.25, 0.3) is 0 Å². The zero-order valence-corrected chi connectivity index (χ0v) is 16.8. The highest BCUT2D eigenvalue weighted by atomic mass is 16.3. The van der Waals surface area contributed by atoms with Gasteiger partial charge in [0.15, 0.2) is 0 Å². The van der Waals surface area contributed by atoms with E-state index >= 15 is 0 Å².